The van der Waals surface area contributed by atoms with Crippen LogP contribution in [0.15, 0.2) is 30.6 Å². The molecule has 2 aromatic rings. The number of fused-ring (bicyclic) bond motifs is 1. The summed E-state index contributed by atoms with van der Waals surface area (Å²) in [6.07, 6.45) is 3.25. The molecule has 0 aliphatic heterocycles. The molecule has 0 atom stereocenters. The molecular formula is C13H17N3O2. The van der Waals surface area contributed by atoms with Crippen molar-refractivity contribution in [3.05, 3.63) is 36.4 Å². The van der Waals surface area contributed by atoms with Gasteiger partial charge in [-0.3, -0.25) is 0 Å². The molecule has 5 heteroatoms. The zero-order valence-electron chi connectivity index (χ0n) is 10.8. The quantitative estimate of drug-likeness (QED) is 0.886. The standard InChI is InChI=1S/C13H17N3O2/c1-13(2,3)18-12(17)15-9-11-14-8-10-6-4-5-7-16(10)11/h4-8H,9H2,1-3H3,(H,15,17). The third-order valence-corrected chi connectivity index (χ3v) is 2.31. The Labute approximate surface area is 106 Å². The average Bonchev–Trinajstić information content (AvgIpc) is 2.67. The molecule has 1 N–H and O–H groups in total. The zero-order chi connectivity index (χ0) is 13.2. The zero-order valence-corrected chi connectivity index (χ0v) is 10.8. The van der Waals surface area contributed by atoms with E-state index in [9.17, 15) is 4.79 Å². The molecule has 0 saturated heterocycles. The van der Waals surface area contributed by atoms with Crippen LogP contribution in [0.1, 0.15) is 26.6 Å². The number of carbonyl (C=O) groups excluding carboxylic acids is 1. The largest absolute Gasteiger partial charge is 0.444 e. The number of aromatic nitrogens is 2. The molecule has 0 bridgehead atoms. The van der Waals surface area contributed by atoms with E-state index in [1.807, 2.05) is 49.6 Å². The lowest BCUT2D eigenvalue weighted by Gasteiger charge is -2.19. The van der Waals surface area contributed by atoms with Crippen molar-refractivity contribution in [2.24, 2.45) is 0 Å². The summed E-state index contributed by atoms with van der Waals surface area (Å²) in [4.78, 5) is 15.8. The first-order valence-corrected chi connectivity index (χ1v) is 5.83. The van der Waals surface area contributed by atoms with Crippen LogP contribution < -0.4 is 5.32 Å². The highest BCUT2D eigenvalue weighted by Crippen LogP contribution is 2.08. The molecule has 2 rings (SSSR count). The number of pyridine rings is 1. The number of nitrogens with zero attached hydrogens (tertiary/aromatic N) is 2. The highest BCUT2D eigenvalue weighted by atomic mass is 16.6. The van der Waals surface area contributed by atoms with Gasteiger partial charge in [0.05, 0.1) is 18.3 Å². The van der Waals surface area contributed by atoms with Crippen LogP contribution in [-0.2, 0) is 11.3 Å². The Kier molecular flexibility index (Phi) is 3.23. The Bertz CT molecular complexity index is 555. The maximum atomic E-state index is 11.5. The van der Waals surface area contributed by atoms with Gasteiger partial charge in [-0.2, -0.15) is 0 Å². The minimum atomic E-state index is -0.487. The molecule has 96 valence electrons. The van der Waals surface area contributed by atoms with Gasteiger partial charge >= 0.3 is 6.09 Å². The van der Waals surface area contributed by atoms with Crippen LogP contribution in [0.25, 0.3) is 5.52 Å². The molecule has 0 saturated carbocycles. The number of carbonyl (C=O) groups is 1. The van der Waals surface area contributed by atoms with Crippen LogP contribution in [0.2, 0.25) is 0 Å². The summed E-state index contributed by atoms with van der Waals surface area (Å²) in [6, 6.07) is 5.83. The van der Waals surface area contributed by atoms with Gasteiger partial charge in [0, 0.05) is 6.20 Å². The fraction of sp³-hybridized carbons (Fsp3) is 0.385. The molecule has 0 radical (unpaired) electrons. The summed E-state index contributed by atoms with van der Waals surface area (Å²) in [5.74, 6) is 0.774. The fourth-order valence-corrected chi connectivity index (χ4v) is 1.60. The lowest BCUT2D eigenvalue weighted by atomic mass is 10.2. The van der Waals surface area contributed by atoms with Gasteiger partial charge in [0.1, 0.15) is 11.4 Å². The summed E-state index contributed by atoms with van der Waals surface area (Å²) in [7, 11) is 0. The van der Waals surface area contributed by atoms with Crippen molar-refractivity contribution in [3.8, 4) is 0 Å². The second-order valence-corrected chi connectivity index (χ2v) is 5.03. The molecule has 5 nitrogen and oxygen atoms in total. The van der Waals surface area contributed by atoms with Gasteiger partial charge in [-0.25, -0.2) is 9.78 Å². The van der Waals surface area contributed by atoms with Crippen molar-refractivity contribution in [3.63, 3.8) is 0 Å². The Morgan fingerprint density at radius 1 is 1.44 bits per heavy atom. The number of amides is 1. The molecule has 0 aliphatic carbocycles. The number of hydrogen-bond acceptors (Lipinski definition) is 3. The molecule has 2 heterocycles. The molecule has 0 aromatic carbocycles. The maximum absolute atomic E-state index is 11.5. The summed E-state index contributed by atoms with van der Waals surface area (Å²) in [5, 5.41) is 2.69. The highest BCUT2D eigenvalue weighted by molar-refractivity contribution is 5.67. The normalized spacial score (nSPS) is 11.5. The van der Waals surface area contributed by atoms with Crippen molar-refractivity contribution in [2.45, 2.75) is 32.9 Å². The predicted octanol–water partition coefficient (Wildman–Crippen LogP) is 2.36. The Balaban J connectivity index is 2.00. The van der Waals surface area contributed by atoms with E-state index in [2.05, 4.69) is 10.3 Å². The third kappa shape index (κ3) is 3.00. The lowest BCUT2D eigenvalue weighted by molar-refractivity contribution is 0.0522. The number of ether oxygens (including phenoxy) is 1. The van der Waals surface area contributed by atoms with E-state index < -0.39 is 11.7 Å². The second kappa shape index (κ2) is 4.68. The van der Waals surface area contributed by atoms with Crippen molar-refractivity contribution < 1.29 is 9.53 Å². The molecule has 18 heavy (non-hydrogen) atoms. The topological polar surface area (TPSA) is 55.6 Å². The first-order chi connectivity index (χ1) is 8.46. The summed E-state index contributed by atoms with van der Waals surface area (Å²) in [5.41, 5.74) is 0.511. The molecule has 0 fully saturated rings. The maximum Gasteiger partial charge on any atom is 0.408 e. The first kappa shape index (κ1) is 12.4. The van der Waals surface area contributed by atoms with Gasteiger partial charge < -0.3 is 14.5 Å². The van der Waals surface area contributed by atoms with E-state index >= 15 is 0 Å². The monoisotopic (exact) mass is 247 g/mol. The van der Waals surface area contributed by atoms with E-state index in [4.69, 9.17) is 4.74 Å². The van der Waals surface area contributed by atoms with Crippen LogP contribution in [0.5, 0.6) is 0 Å². The minimum absolute atomic E-state index is 0.340. The average molecular weight is 247 g/mol. The Hall–Kier alpha value is -2.04. The number of hydrogen-bond donors (Lipinski definition) is 1. The van der Waals surface area contributed by atoms with Crippen LogP contribution in [0, 0.1) is 0 Å². The minimum Gasteiger partial charge on any atom is -0.444 e. The van der Waals surface area contributed by atoms with Crippen LogP contribution in [-0.4, -0.2) is 21.1 Å². The van der Waals surface area contributed by atoms with Gasteiger partial charge in [0.15, 0.2) is 0 Å². The summed E-state index contributed by atoms with van der Waals surface area (Å²) in [6.45, 7) is 5.83. The molecule has 0 spiro atoms. The van der Waals surface area contributed by atoms with Crippen LogP contribution >= 0.6 is 0 Å². The van der Waals surface area contributed by atoms with Crippen LogP contribution in [0.3, 0.4) is 0 Å². The summed E-state index contributed by atoms with van der Waals surface area (Å²) < 4.78 is 7.09. The Morgan fingerprint density at radius 3 is 2.94 bits per heavy atom. The molecule has 2 aromatic heterocycles. The SMILES string of the molecule is CC(C)(C)OC(=O)NCc1ncc2ccccn12. The molecular weight excluding hydrogens is 230 g/mol. The fourth-order valence-electron chi connectivity index (χ4n) is 1.60. The smallest absolute Gasteiger partial charge is 0.408 e. The first-order valence-electron chi connectivity index (χ1n) is 5.83. The molecule has 0 unspecified atom stereocenters. The van der Waals surface area contributed by atoms with Crippen molar-refractivity contribution in [2.75, 3.05) is 0 Å². The number of alkyl carbamates (subject to hydrolysis) is 1. The second-order valence-electron chi connectivity index (χ2n) is 5.03. The number of nitrogens with one attached hydrogen (secondary N) is 1. The number of rotatable bonds is 2. The Morgan fingerprint density at radius 2 is 2.22 bits per heavy atom. The molecule has 0 aliphatic rings. The van der Waals surface area contributed by atoms with Gasteiger partial charge in [-0.15, -0.1) is 0 Å². The lowest BCUT2D eigenvalue weighted by Crippen LogP contribution is -2.32. The van der Waals surface area contributed by atoms with E-state index in [-0.39, 0.29) is 0 Å². The molecule has 1 amide bonds. The van der Waals surface area contributed by atoms with Crippen molar-refractivity contribution in [1.29, 1.82) is 0 Å². The third-order valence-electron chi connectivity index (χ3n) is 2.31. The number of imidazole rings is 1. The van der Waals surface area contributed by atoms with E-state index in [0.717, 1.165) is 11.3 Å². The predicted molar refractivity (Wildman–Crippen MR) is 68.3 cm³/mol. The van der Waals surface area contributed by atoms with Gasteiger partial charge in [-0.1, -0.05) is 6.07 Å². The van der Waals surface area contributed by atoms with Gasteiger partial charge in [0.2, 0.25) is 0 Å². The van der Waals surface area contributed by atoms with E-state index in [1.54, 1.807) is 6.20 Å². The van der Waals surface area contributed by atoms with Crippen molar-refractivity contribution in [1.82, 2.24) is 14.7 Å². The van der Waals surface area contributed by atoms with E-state index in [1.165, 1.54) is 0 Å². The summed E-state index contributed by atoms with van der Waals surface area (Å²) >= 11 is 0. The highest BCUT2D eigenvalue weighted by Gasteiger charge is 2.16. The van der Waals surface area contributed by atoms with Gasteiger partial charge in [-0.05, 0) is 32.9 Å². The van der Waals surface area contributed by atoms with E-state index in [0.29, 0.717) is 6.54 Å². The van der Waals surface area contributed by atoms with Crippen molar-refractivity contribution >= 4 is 11.6 Å². The van der Waals surface area contributed by atoms with Crippen LogP contribution in [0.4, 0.5) is 4.79 Å². The van der Waals surface area contributed by atoms with Gasteiger partial charge in [0.25, 0.3) is 0 Å².